The number of rotatable bonds is 3. The molecule has 0 aliphatic heterocycles. The van der Waals surface area contributed by atoms with E-state index in [1.54, 1.807) is 0 Å². The molecule has 0 aliphatic rings. The minimum absolute atomic E-state index is 0.651. The average molecular weight is 186 g/mol. The van der Waals surface area contributed by atoms with E-state index in [0.717, 1.165) is 17.5 Å². The van der Waals surface area contributed by atoms with Crippen LogP contribution in [0.3, 0.4) is 0 Å². The summed E-state index contributed by atoms with van der Waals surface area (Å²) in [5.74, 6) is 0. The van der Waals surface area contributed by atoms with Crippen LogP contribution in [0.25, 0.3) is 16.5 Å². The van der Waals surface area contributed by atoms with Gasteiger partial charge in [-0.05, 0) is 24.6 Å². The maximum absolute atomic E-state index is 5.51. The van der Waals surface area contributed by atoms with E-state index in [1.807, 2.05) is 18.3 Å². The number of para-hydroxylation sites is 1. The zero-order chi connectivity index (χ0) is 9.97. The Morgan fingerprint density at radius 1 is 1.36 bits per heavy atom. The van der Waals surface area contributed by atoms with Crippen LogP contribution in [0, 0.1) is 0 Å². The van der Waals surface area contributed by atoms with Crippen LogP contribution in [-0.2, 0) is 0 Å². The van der Waals surface area contributed by atoms with Crippen LogP contribution in [0.1, 0.15) is 12.0 Å². The minimum atomic E-state index is 0.651. The minimum Gasteiger partial charge on any atom is -0.361 e. The van der Waals surface area contributed by atoms with E-state index in [-0.39, 0.29) is 0 Å². The molecule has 72 valence electrons. The summed E-state index contributed by atoms with van der Waals surface area (Å²) in [6.07, 6.45) is 2.85. The molecule has 2 rings (SSSR count). The lowest BCUT2D eigenvalue weighted by molar-refractivity contribution is 1.03. The summed E-state index contributed by atoms with van der Waals surface area (Å²) in [5, 5.41) is 1.23. The SMILES string of the molecule is C=C(CCN)c1c[nH]c2ccccc12. The predicted octanol–water partition coefficient (Wildman–Crippen LogP) is 2.53. The summed E-state index contributed by atoms with van der Waals surface area (Å²) in [4.78, 5) is 3.23. The van der Waals surface area contributed by atoms with E-state index in [4.69, 9.17) is 5.73 Å². The van der Waals surface area contributed by atoms with Gasteiger partial charge in [0.2, 0.25) is 0 Å². The number of aromatic amines is 1. The zero-order valence-electron chi connectivity index (χ0n) is 8.09. The van der Waals surface area contributed by atoms with Gasteiger partial charge in [-0.2, -0.15) is 0 Å². The quantitative estimate of drug-likeness (QED) is 0.760. The Kier molecular flexibility index (Phi) is 2.37. The molecule has 0 radical (unpaired) electrons. The third-order valence-electron chi connectivity index (χ3n) is 2.42. The van der Waals surface area contributed by atoms with Gasteiger partial charge < -0.3 is 10.7 Å². The van der Waals surface area contributed by atoms with Gasteiger partial charge in [0.1, 0.15) is 0 Å². The van der Waals surface area contributed by atoms with Gasteiger partial charge in [-0.25, -0.2) is 0 Å². The van der Waals surface area contributed by atoms with Gasteiger partial charge in [-0.3, -0.25) is 0 Å². The second-order valence-electron chi connectivity index (χ2n) is 3.39. The van der Waals surface area contributed by atoms with Crippen LogP contribution >= 0.6 is 0 Å². The Bertz CT molecular complexity index is 454. The summed E-state index contributed by atoms with van der Waals surface area (Å²) in [5.41, 5.74) is 8.95. The average Bonchev–Trinajstić information content (AvgIpc) is 2.61. The number of aromatic nitrogens is 1. The van der Waals surface area contributed by atoms with Crippen molar-refractivity contribution in [1.82, 2.24) is 4.98 Å². The van der Waals surface area contributed by atoms with E-state index in [2.05, 4.69) is 23.7 Å². The van der Waals surface area contributed by atoms with Crippen molar-refractivity contribution in [2.24, 2.45) is 5.73 Å². The molecule has 0 spiro atoms. The Labute approximate surface area is 83.4 Å². The molecule has 1 aromatic heterocycles. The van der Waals surface area contributed by atoms with Crippen molar-refractivity contribution in [3.05, 3.63) is 42.6 Å². The molecule has 0 aliphatic carbocycles. The van der Waals surface area contributed by atoms with Crippen LogP contribution in [0.5, 0.6) is 0 Å². The first-order valence-electron chi connectivity index (χ1n) is 4.77. The first-order valence-corrected chi connectivity index (χ1v) is 4.77. The molecule has 2 heteroatoms. The molecule has 0 saturated carbocycles. The lowest BCUT2D eigenvalue weighted by Crippen LogP contribution is -1.98. The molecular formula is C12H14N2. The van der Waals surface area contributed by atoms with Gasteiger partial charge in [0.05, 0.1) is 0 Å². The molecule has 2 aromatic rings. The molecule has 1 heterocycles. The maximum atomic E-state index is 5.51. The molecule has 2 nitrogen and oxygen atoms in total. The predicted molar refractivity (Wildman–Crippen MR) is 61.0 cm³/mol. The standard InChI is InChI=1S/C12H14N2/c1-9(6-7-13)11-8-14-12-5-3-2-4-10(11)12/h2-5,8,14H,1,6-7,13H2. The first kappa shape index (κ1) is 9.03. The second kappa shape index (κ2) is 3.68. The Morgan fingerprint density at radius 2 is 2.14 bits per heavy atom. The van der Waals surface area contributed by atoms with E-state index in [9.17, 15) is 0 Å². The maximum Gasteiger partial charge on any atom is 0.0460 e. The van der Waals surface area contributed by atoms with Crippen molar-refractivity contribution < 1.29 is 0 Å². The van der Waals surface area contributed by atoms with Gasteiger partial charge in [0, 0.05) is 22.7 Å². The fraction of sp³-hybridized carbons (Fsp3) is 0.167. The third-order valence-corrected chi connectivity index (χ3v) is 2.42. The summed E-state index contributed by atoms with van der Waals surface area (Å²) in [6.45, 7) is 4.69. The van der Waals surface area contributed by atoms with Gasteiger partial charge >= 0.3 is 0 Å². The molecule has 3 N–H and O–H groups in total. The number of hydrogen-bond donors (Lipinski definition) is 2. The number of nitrogens with two attached hydrogens (primary N) is 1. The Balaban J connectivity index is 2.47. The highest BCUT2D eigenvalue weighted by atomic mass is 14.7. The highest BCUT2D eigenvalue weighted by molar-refractivity contribution is 5.92. The Morgan fingerprint density at radius 3 is 2.93 bits per heavy atom. The van der Waals surface area contributed by atoms with E-state index in [0.29, 0.717) is 6.54 Å². The summed E-state index contributed by atoms with van der Waals surface area (Å²) in [6, 6.07) is 8.22. The molecule has 0 bridgehead atoms. The lowest BCUT2D eigenvalue weighted by atomic mass is 10.0. The van der Waals surface area contributed by atoms with Crippen LogP contribution < -0.4 is 5.73 Å². The molecular weight excluding hydrogens is 172 g/mol. The van der Waals surface area contributed by atoms with Crippen LogP contribution in [0.15, 0.2) is 37.0 Å². The molecule has 0 unspecified atom stereocenters. The fourth-order valence-electron chi connectivity index (χ4n) is 1.67. The Hall–Kier alpha value is -1.54. The molecule has 0 fully saturated rings. The smallest absolute Gasteiger partial charge is 0.0460 e. The summed E-state index contributed by atoms with van der Waals surface area (Å²) in [7, 11) is 0. The third kappa shape index (κ3) is 1.44. The van der Waals surface area contributed by atoms with E-state index < -0.39 is 0 Å². The molecule has 0 atom stereocenters. The van der Waals surface area contributed by atoms with Crippen molar-refractivity contribution in [3.8, 4) is 0 Å². The van der Waals surface area contributed by atoms with Crippen LogP contribution in [0.2, 0.25) is 0 Å². The molecule has 0 amide bonds. The number of nitrogens with one attached hydrogen (secondary N) is 1. The van der Waals surface area contributed by atoms with Crippen molar-refractivity contribution in [3.63, 3.8) is 0 Å². The van der Waals surface area contributed by atoms with Crippen molar-refractivity contribution >= 4 is 16.5 Å². The van der Waals surface area contributed by atoms with Crippen molar-refractivity contribution in [1.29, 1.82) is 0 Å². The van der Waals surface area contributed by atoms with Crippen molar-refractivity contribution in [2.45, 2.75) is 6.42 Å². The highest BCUT2D eigenvalue weighted by Crippen LogP contribution is 2.25. The summed E-state index contributed by atoms with van der Waals surface area (Å²) >= 11 is 0. The highest BCUT2D eigenvalue weighted by Gasteiger charge is 2.04. The van der Waals surface area contributed by atoms with Crippen LogP contribution in [0.4, 0.5) is 0 Å². The second-order valence-corrected chi connectivity index (χ2v) is 3.39. The number of fused-ring (bicyclic) bond motifs is 1. The normalized spacial score (nSPS) is 10.6. The lowest BCUT2D eigenvalue weighted by Gasteiger charge is -2.01. The van der Waals surface area contributed by atoms with Gasteiger partial charge in [0.25, 0.3) is 0 Å². The molecule has 1 aromatic carbocycles. The molecule has 0 saturated heterocycles. The van der Waals surface area contributed by atoms with Gasteiger partial charge in [-0.15, -0.1) is 0 Å². The molecule has 14 heavy (non-hydrogen) atoms. The van der Waals surface area contributed by atoms with Crippen LogP contribution in [-0.4, -0.2) is 11.5 Å². The fourth-order valence-corrected chi connectivity index (χ4v) is 1.67. The van der Waals surface area contributed by atoms with Gasteiger partial charge in [0.15, 0.2) is 0 Å². The summed E-state index contributed by atoms with van der Waals surface area (Å²) < 4.78 is 0. The van der Waals surface area contributed by atoms with E-state index in [1.165, 1.54) is 10.9 Å². The number of hydrogen-bond acceptors (Lipinski definition) is 1. The van der Waals surface area contributed by atoms with E-state index >= 15 is 0 Å². The topological polar surface area (TPSA) is 41.8 Å². The largest absolute Gasteiger partial charge is 0.361 e. The first-order chi connectivity index (χ1) is 6.83. The zero-order valence-corrected chi connectivity index (χ0v) is 8.09. The number of benzene rings is 1. The monoisotopic (exact) mass is 186 g/mol. The van der Waals surface area contributed by atoms with Gasteiger partial charge in [-0.1, -0.05) is 24.8 Å². The number of H-pyrrole nitrogens is 1. The van der Waals surface area contributed by atoms with Crippen molar-refractivity contribution in [2.75, 3.05) is 6.54 Å².